The largest absolute Gasteiger partial charge is 0.347 e. The summed E-state index contributed by atoms with van der Waals surface area (Å²) in [5.41, 5.74) is 0.643. The number of unbranched alkanes of at least 4 members (excludes halogenated alkanes) is 1. The van der Waals surface area contributed by atoms with Crippen LogP contribution in [0.3, 0.4) is 0 Å². The highest BCUT2D eigenvalue weighted by Crippen LogP contribution is 2.30. The fourth-order valence-corrected chi connectivity index (χ4v) is 5.60. The highest BCUT2D eigenvalue weighted by molar-refractivity contribution is 8.14. The van der Waals surface area contributed by atoms with Gasteiger partial charge in [-0.25, -0.2) is 0 Å². The molecule has 0 radical (unpaired) electrons. The Labute approximate surface area is 194 Å². The molecule has 8 heteroatoms. The van der Waals surface area contributed by atoms with Gasteiger partial charge in [-0.15, -0.1) is 12.4 Å². The number of amidine groups is 1. The minimum absolute atomic E-state index is 0. The van der Waals surface area contributed by atoms with Gasteiger partial charge in [-0.05, 0) is 37.5 Å². The van der Waals surface area contributed by atoms with Gasteiger partial charge < -0.3 is 10.2 Å². The highest BCUT2D eigenvalue weighted by atomic mass is 35.5. The van der Waals surface area contributed by atoms with Crippen molar-refractivity contribution in [2.45, 2.75) is 70.4 Å². The van der Waals surface area contributed by atoms with E-state index >= 15 is 0 Å². The van der Waals surface area contributed by atoms with Crippen molar-refractivity contribution in [3.8, 4) is 0 Å². The van der Waals surface area contributed by atoms with Crippen molar-refractivity contribution in [2.24, 2.45) is 4.99 Å². The Morgan fingerprint density at radius 2 is 1.90 bits per heavy atom. The molecule has 29 heavy (non-hydrogen) atoms. The van der Waals surface area contributed by atoms with Crippen LogP contribution in [0.15, 0.2) is 23.2 Å². The quantitative estimate of drug-likeness (QED) is 0.477. The van der Waals surface area contributed by atoms with Crippen LogP contribution in [0.1, 0.15) is 58.3 Å². The molecule has 1 atom stereocenters. The number of thioether (sulfide) groups is 1. The number of nitrogens with one attached hydrogen (secondary N) is 1. The molecule has 1 aromatic rings. The lowest BCUT2D eigenvalue weighted by atomic mass is 9.96. The number of rotatable bonds is 7. The first-order valence-corrected chi connectivity index (χ1v) is 12.0. The van der Waals surface area contributed by atoms with Crippen molar-refractivity contribution in [1.82, 2.24) is 4.90 Å². The Balaban J connectivity index is 0.00000300. The van der Waals surface area contributed by atoms with Gasteiger partial charge in [-0.3, -0.25) is 9.79 Å². The molecule has 1 saturated carbocycles. The topological polar surface area (TPSA) is 44.7 Å². The zero-order chi connectivity index (χ0) is 19.9. The van der Waals surface area contributed by atoms with E-state index in [2.05, 4.69) is 17.1 Å². The number of hydrogen-bond acceptors (Lipinski definition) is 3. The molecule has 1 heterocycles. The second kappa shape index (κ2) is 12.3. The van der Waals surface area contributed by atoms with Crippen LogP contribution in [-0.4, -0.2) is 40.4 Å². The molecule has 0 aromatic heterocycles. The zero-order valence-corrected chi connectivity index (χ0v) is 20.0. The first-order valence-electron chi connectivity index (χ1n) is 10.3. The summed E-state index contributed by atoms with van der Waals surface area (Å²) < 4.78 is 0. The van der Waals surface area contributed by atoms with Crippen molar-refractivity contribution in [1.29, 1.82) is 0 Å². The molecule has 1 aliphatic heterocycles. The first-order chi connectivity index (χ1) is 13.5. The van der Waals surface area contributed by atoms with Gasteiger partial charge in [-0.1, -0.05) is 67.6 Å². The average molecular weight is 479 g/mol. The van der Waals surface area contributed by atoms with E-state index in [1.165, 1.54) is 32.1 Å². The summed E-state index contributed by atoms with van der Waals surface area (Å²) in [6.07, 6.45) is 9.02. The molecule has 1 unspecified atom stereocenters. The molecule has 1 amide bonds. The van der Waals surface area contributed by atoms with Crippen LogP contribution < -0.4 is 5.32 Å². The third-order valence-corrected chi connectivity index (χ3v) is 6.86. The summed E-state index contributed by atoms with van der Waals surface area (Å²) in [7, 11) is 0. The van der Waals surface area contributed by atoms with E-state index in [0.29, 0.717) is 28.2 Å². The third-order valence-electron chi connectivity index (χ3n) is 5.28. The number of amides is 1. The van der Waals surface area contributed by atoms with Crippen molar-refractivity contribution in [3.05, 3.63) is 28.2 Å². The lowest BCUT2D eigenvalue weighted by Gasteiger charge is -2.27. The van der Waals surface area contributed by atoms with E-state index in [1.54, 1.807) is 18.2 Å². The summed E-state index contributed by atoms with van der Waals surface area (Å²) in [6, 6.07) is 5.75. The van der Waals surface area contributed by atoms with E-state index in [9.17, 15) is 4.79 Å². The molecule has 1 aromatic carbocycles. The second-order valence-corrected chi connectivity index (χ2v) is 9.49. The molecule has 1 aliphatic carbocycles. The monoisotopic (exact) mass is 477 g/mol. The number of hydrogen-bond donors (Lipinski definition) is 1. The Kier molecular flexibility index (Phi) is 10.4. The summed E-state index contributed by atoms with van der Waals surface area (Å²) in [4.78, 5) is 20.1. The molecule has 1 N–H and O–H groups in total. The average Bonchev–Trinajstić information content (AvgIpc) is 3.01. The number of nitrogens with zero attached hydrogens (tertiary/aromatic N) is 2. The molecule has 0 spiro atoms. The van der Waals surface area contributed by atoms with Crippen LogP contribution in [0, 0.1) is 0 Å². The molecular formula is C21H30Cl3N3OS. The second-order valence-electron chi connectivity index (χ2n) is 7.63. The molecular weight excluding hydrogens is 449 g/mol. The summed E-state index contributed by atoms with van der Waals surface area (Å²) in [6.45, 7) is 3.17. The normalized spacial score (nSPS) is 21.3. The van der Waals surface area contributed by atoms with Crippen LogP contribution >= 0.6 is 47.4 Å². The number of benzene rings is 1. The van der Waals surface area contributed by atoms with E-state index in [-0.39, 0.29) is 24.4 Å². The predicted molar refractivity (Wildman–Crippen MR) is 129 cm³/mol. The van der Waals surface area contributed by atoms with Gasteiger partial charge in [-0.2, -0.15) is 0 Å². The fourth-order valence-electron chi connectivity index (χ4n) is 3.81. The van der Waals surface area contributed by atoms with E-state index in [4.69, 9.17) is 28.2 Å². The van der Waals surface area contributed by atoms with Crippen molar-refractivity contribution >= 4 is 64.1 Å². The van der Waals surface area contributed by atoms with Crippen molar-refractivity contribution in [3.63, 3.8) is 0 Å². The molecule has 3 rings (SSSR count). The molecule has 4 nitrogen and oxygen atoms in total. The maximum absolute atomic E-state index is 12.6. The predicted octanol–water partition coefficient (Wildman–Crippen LogP) is 6.65. The van der Waals surface area contributed by atoms with Gasteiger partial charge in [0.25, 0.3) is 0 Å². The van der Waals surface area contributed by atoms with Crippen LogP contribution in [0.4, 0.5) is 5.69 Å². The van der Waals surface area contributed by atoms with Crippen LogP contribution in [-0.2, 0) is 4.79 Å². The van der Waals surface area contributed by atoms with Gasteiger partial charge in [0.1, 0.15) is 0 Å². The van der Waals surface area contributed by atoms with Gasteiger partial charge in [0.2, 0.25) is 5.91 Å². The van der Waals surface area contributed by atoms with Gasteiger partial charge in [0, 0.05) is 40.5 Å². The van der Waals surface area contributed by atoms with Crippen LogP contribution in [0.2, 0.25) is 10.0 Å². The molecule has 2 fully saturated rings. The van der Waals surface area contributed by atoms with Crippen LogP contribution in [0.25, 0.3) is 0 Å². The lowest BCUT2D eigenvalue weighted by Crippen LogP contribution is -2.38. The van der Waals surface area contributed by atoms with Gasteiger partial charge in [0.05, 0.1) is 6.04 Å². The van der Waals surface area contributed by atoms with E-state index in [1.807, 2.05) is 11.8 Å². The van der Waals surface area contributed by atoms with E-state index in [0.717, 1.165) is 30.3 Å². The van der Waals surface area contributed by atoms with Crippen LogP contribution in [0.5, 0.6) is 0 Å². The van der Waals surface area contributed by atoms with Gasteiger partial charge >= 0.3 is 0 Å². The minimum atomic E-state index is -0.00986. The smallest absolute Gasteiger partial charge is 0.226 e. The minimum Gasteiger partial charge on any atom is -0.347 e. The Morgan fingerprint density at radius 1 is 1.21 bits per heavy atom. The van der Waals surface area contributed by atoms with Crippen molar-refractivity contribution in [2.75, 3.05) is 17.6 Å². The number of carbonyl (C=O) groups excluding carboxylic acids is 1. The maximum atomic E-state index is 12.6. The Bertz CT molecular complexity index is 690. The summed E-state index contributed by atoms with van der Waals surface area (Å²) in [5, 5.41) is 5.12. The first kappa shape index (κ1) is 24.6. The number of anilines is 1. The summed E-state index contributed by atoms with van der Waals surface area (Å²) >= 11 is 13.9. The fraction of sp³-hybridized carbons (Fsp3) is 0.619. The number of aliphatic imine (C=N–C) groups is 1. The molecule has 2 aliphatic rings. The summed E-state index contributed by atoms with van der Waals surface area (Å²) in [5.74, 6) is 0.906. The maximum Gasteiger partial charge on any atom is 0.226 e. The molecule has 1 saturated heterocycles. The third kappa shape index (κ3) is 7.54. The van der Waals surface area contributed by atoms with E-state index < -0.39 is 0 Å². The van der Waals surface area contributed by atoms with Crippen molar-refractivity contribution < 1.29 is 4.79 Å². The lowest BCUT2D eigenvalue weighted by molar-refractivity contribution is -0.116. The highest BCUT2D eigenvalue weighted by Gasteiger charge is 2.32. The van der Waals surface area contributed by atoms with Gasteiger partial charge in [0.15, 0.2) is 5.17 Å². The zero-order valence-electron chi connectivity index (χ0n) is 16.8. The Hall–Kier alpha value is -0.620. The number of carbonyl (C=O) groups is 1. The molecule has 0 bridgehead atoms. The molecule has 162 valence electrons. The number of halogens is 3. The SMILES string of the molecule is CCCCN1C(=NC2CCCCC2)SCC1CC(=O)Nc1cc(Cl)cc(Cl)c1.Cl. The Morgan fingerprint density at radius 3 is 2.55 bits per heavy atom. The standard InChI is InChI=1S/C21H29Cl2N3OS.ClH/c1-2-3-9-26-19(14-28-21(26)25-17-7-5-4-6-8-17)13-20(27)24-18-11-15(22)10-16(23)12-18;/h10-12,17,19H,2-9,13-14H2,1H3,(H,24,27);1H.